The number of amides is 1. The molecular weight excluding hydrogens is 212 g/mol. The monoisotopic (exact) mass is 218 g/mol. The van der Waals surface area contributed by atoms with Crippen LogP contribution >= 0.6 is 15.9 Å². The number of hydrogen-bond donors (Lipinski definition) is 2. The zero-order valence-electron chi connectivity index (χ0n) is 5.63. The Hall–Kier alpha value is -0.810. The quantitative estimate of drug-likeness (QED) is 0.763. The van der Waals surface area contributed by atoms with Gasteiger partial charge in [-0.25, -0.2) is 0 Å². The van der Waals surface area contributed by atoms with Gasteiger partial charge in [-0.05, 0) is 22.0 Å². The minimum Gasteiger partial charge on any atom is -0.444 e. The van der Waals surface area contributed by atoms with E-state index in [-0.39, 0.29) is 12.3 Å². The van der Waals surface area contributed by atoms with Crippen LogP contribution in [0.4, 0.5) is 0 Å². The van der Waals surface area contributed by atoms with E-state index in [0.29, 0.717) is 10.2 Å². The number of rotatable bonds is 2. The molecule has 4 N–H and O–H groups in total. The van der Waals surface area contributed by atoms with Crippen molar-refractivity contribution in [2.45, 2.75) is 6.54 Å². The van der Waals surface area contributed by atoms with Gasteiger partial charge in [-0.1, -0.05) is 0 Å². The molecule has 11 heavy (non-hydrogen) atoms. The minimum atomic E-state index is -0.601. The van der Waals surface area contributed by atoms with Crippen LogP contribution in [0.25, 0.3) is 0 Å². The summed E-state index contributed by atoms with van der Waals surface area (Å²) in [5.41, 5.74) is 10.9. The number of halogens is 1. The average molecular weight is 219 g/mol. The summed E-state index contributed by atoms with van der Waals surface area (Å²) in [5, 5.41) is 0. The number of hydrogen-bond acceptors (Lipinski definition) is 3. The molecule has 0 radical (unpaired) electrons. The van der Waals surface area contributed by atoms with E-state index in [1.165, 1.54) is 0 Å². The van der Waals surface area contributed by atoms with E-state index in [4.69, 9.17) is 15.9 Å². The van der Waals surface area contributed by atoms with Crippen molar-refractivity contribution >= 4 is 21.8 Å². The van der Waals surface area contributed by atoms with E-state index < -0.39 is 5.91 Å². The van der Waals surface area contributed by atoms with Crippen LogP contribution in [0.15, 0.2) is 15.2 Å². The third kappa shape index (κ3) is 1.61. The smallest absolute Gasteiger partial charge is 0.284 e. The molecule has 0 aliphatic heterocycles. The van der Waals surface area contributed by atoms with Crippen LogP contribution in [0, 0.1) is 0 Å². The van der Waals surface area contributed by atoms with E-state index in [2.05, 4.69) is 15.9 Å². The highest BCUT2D eigenvalue weighted by atomic mass is 79.9. The number of furan rings is 1. The highest BCUT2D eigenvalue weighted by Crippen LogP contribution is 2.19. The standard InChI is InChI=1S/C6H7BrN2O2/c7-4-1-3(2-8)5(11-4)6(9)10/h1H,2,8H2,(H2,9,10). The second-order valence-electron chi connectivity index (χ2n) is 1.97. The van der Waals surface area contributed by atoms with Gasteiger partial charge in [0.2, 0.25) is 0 Å². The molecule has 4 nitrogen and oxygen atoms in total. The van der Waals surface area contributed by atoms with Crippen LogP contribution < -0.4 is 11.5 Å². The molecule has 1 heterocycles. The normalized spacial score (nSPS) is 10.0. The Kier molecular flexibility index (Phi) is 2.31. The van der Waals surface area contributed by atoms with Gasteiger partial charge < -0.3 is 15.9 Å². The van der Waals surface area contributed by atoms with Gasteiger partial charge in [-0.2, -0.15) is 0 Å². The topological polar surface area (TPSA) is 82.2 Å². The Morgan fingerprint density at radius 2 is 2.36 bits per heavy atom. The second kappa shape index (κ2) is 3.06. The van der Waals surface area contributed by atoms with Gasteiger partial charge in [0.25, 0.3) is 5.91 Å². The molecular formula is C6H7BrN2O2. The number of primary amides is 1. The molecule has 0 aliphatic carbocycles. The molecule has 1 rings (SSSR count). The molecule has 0 fully saturated rings. The maximum Gasteiger partial charge on any atom is 0.284 e. The van der Waals surface area contributed by atoms with Gasteiger partial charge in [0.05, 0.1) is 0 Å². The van der Waals surface area contributed by atoms with E-state index in [9.17, 15) is 4.79 Å². The Morgan fingerprint density at radius 1 is 1.73 bits per heavy atom. The first kappa shape index (κ1) is 8.29. The third-order valence-electron chi connectivity index (χ3n) is 1.22. The number of carbonyl (C=O) groups is 1. The van der Waals surface area contributed by atoms with Crippen molar-refractivity contribution in [2.75, 3.05) is 0 Å². The van der Waals surface area contributed by atoms with Crippen LogP contribution in [0.2, 0.25) is 0 Å². The Bertz CT molecular complexity index is 282. The Balaban J connectivity index is 3.12. The summed E-state index contributed by atoms with van der Waals surface area (Å²) in [4.78, 5) is 10.6. The molecule has 1 amide bonds. The summed E-state index contributed by atoms with van der Waals surface area (Å²) >= 11 is 3.06. The number of nitrogens with two attached hydrogens (primary N) is 2. The molecule has 0 saturated carbocycles. The van der Waals surface area contributed by atoms with E-state index in [1.54, 1.807) is 6.07 Å². The van der Waals surface area contributed by atoms with E-state index in [1.807, 2.05) is 0 Å². The van der Waals surface area contributed by atoms with Gasteiger partial charge in [0, 0.05) is 12.1 Å². The first-order chi connectivity index (χ1) is 5.15. The van der Waals surface area contributed by atoms with Crippen molar-refractivity contribution in [2.24, 2.45) is 11.5 Å². The fraction of sp³-hybridized carbons (Fsp3) is 0.167. The predicted octanol–water partition coefficient (Wildman–Crippen LogP) is 0.600. The van der Waals surface area contributed by atoms with Crippen molar-refractivity contribution < 1.29 is 9.21 Å². The Labute approximate surface area is 71.7 Å². The van der Waals surface area contributed by atoms with Gasteiger partial charge >= 0.3 is 0 Å². The first-order valence-electron chi connectivity index (χ1n) is 2.93. The lowest BCUT2D eigenvalue weighted by molar-refractivity contribution is 0.0971. The maximum atomic E-state index is 10.6. The maximum absolute atomic E-state index is 10.6. The second-order valence-corrected chi connectivity index (χ2v) is 2.75. The van der Waals surface area contributed by atoms with Crippen LogP contribution in [-0.4, -0.2) is 5.91 Å². The molecule has 5 heteroatoms. The van der Waals surface area contributed by atoms with Crippen LogP contribution in [0.5, 0.6) is 0 Å². The SMILES string of the molecule is NCc1cc(Br)oc1C(N)=O. The zero-order chi connectivity index (χ0) is 8.43. The highest BCUT2D eigenvalue weighted by molar-refractivity contribution is 9.10. The first-order valence-corrected chi connectivity index (χ1v) is 3.72. The molecule has 0 aromatic carbocycles. The highest BCUT2D eigenvalue weighted by Gasteiger charge is 2.12. The average Bonchev–Trinajstić information content (AvgIpc) is 2.30. The summed E-state index contributed by atoms with van der Waals surface area (Å²) in [5.74, 6) is -0.476. The Morgan fingerprint density at radius 3 is 2.73 bits per heavy atom. The van der Waals surface area contributed by atoms with E-state index in [0.717, 1.165) is 0 Å². The van der Waals surface area contributed by atoms with Gasteiger partial charge in [0.15, 0.2) is 10.4 Å². The fourth-order valence-electron chi connectivity index (χ4n) is 0.755. The van der Waals surface area contributed by atoms with Gasteiger partial charge in [-0.3, -0.25) is 4.79 Å². The van der Waals surface area contributed by atoms with Crippen LogP contribution in [0.1, 0.15) is 16.1 Å². The van der Waals surface area contributed by atoms with Crippen molar-refractivity contribution in [3.63, 3.8) is 0 Å². The third-order valence-corrected chi connectivity index (χ3v) is 1.61. The molecule has 0 unspecified atom stereocenters. The lowest BCUT2D eigenvalue weighted by atomic mass is 10.2. The molecule has 1 aromatic heterocycles. The summed E-state index contributed by atoms with van der Waals surface area (Å²) in [7, 11) is 0. The summed E-state index contributed by atoms with van der Waals surface area (Å²) in [6.45, 7) is 0.243. The van der Waals surface area contributed by atoms with Gasteiger partial charge in [0.1, 0.15) is 0 Å². The lowest BCUT2D eigenvalue weighted by Gasteiger charge is -1.91. The van der Waals surface area contributed by atoms with Crippen molar-refractivity contribution in [3.05, 3.63) is 22.1 Å². The molecule has 0 spiro atoms. The fourth-order valence-corrected chi connectivity index (χ4v) is 1.19. The summed E-state index contributed by atoms with van der Waals surface area (Å²) < 4.78 is 5.39. The largest absolute Gasteiger partial charge is 0.444 e. The minimum absolute atomic E-state index is 0.124. The lowest BCUT2D eigenvalue weighted by Crippen LogP contribution is -2.13. The predicted molar refractivity (Wildman–Crippen MR) is 42.8 cm³/mol. The van der Waals surface area contributed by atoms with Gasteiger partial charge in [-0.15, -0.1) is 0 Å². The van der Waals surface area contributed by atoms with Crippen molar-refractivity contribution in [1.82, 2.24) is 0 Å². The summed E-state index contributed by atoms with van der Waals surface area (Å²) in [6, 6.07) is 1.63. The summed E-state index contributed by atoms with van der Waals surface area (Å²) in [6.07, 6.45) is 0. The van der Waals surface area contributed by atoms with Crippen molar-refractivity contribution in [3.8, 4) is 0 Å². The van der Waals surface area contributed by atoms with Crippen molar-refractivity contribution in [1.29, 1.82) is 0 Å². The molecule has 0 aliphatic rings. The molecule has 0 saturated heterocycles. The van der Waals surface area contributed by atoms with Crippen LogP contribution in [-0.2, 0) is 6.54 Å². The molecule has 60 valence electrons. The molecule has 0 bridgehead atoms. The molecule has 1 aromatic rings. The number of carbonyl (C=O) groups excluding carboxylic acids is 1. The molecule has 0 atom stereocenters. The van der Waals surface area contributed by atoms with Crippen LogP contribution in [0.3, 0.4) is 0 Å². The zero-order valence-corrected chi connectivity index (χ0v) is 7.22. The van der Waals surface area contributed by atoms with E-state index >= 15 is 0 Å².